The normalized spacial score (nSPS) is 23.6. The molecular formula is C9H15N. The van der Waals surface area contributed by atoms with Crippen molar-refractivity contribution >= 4 is 0 Å². The van der Waals surface area contributed by atoms with E-state index in [-0.39, 0.29) is 0 Å². The Morgan fingerprint density at radius 1 is 1.30 bits per heavy atom. The van der Waals surface area contributed by atoms with Crippen molar-refractivity contribution in [3.8, 4) is 6.07 Å². The summed E-state index contributed by atoms with van der Waals surface area (Å²) in [5.74, 6) is 0.999. The van der Waals surface area contributed by atoms with Crippen molar-refractivity contribution in [3.63, 3.8) is 0 Å². The van der Waals surface area contributed by atoms with Crippen LogP contribution in [0, 0.1) is 23.2 Å². The van der Waals surface area contributed by atoms with E-state index in [1.54, 1.807) is 0 Å². The topological polar surface area (TPSA) is 23.8 Å². The predicted molar refractivity (Wildman–Crippen MR) is 41.4 cm³/mol. The lowest BCUT2D eigenvalue weighted by molar-refractivity contribution is 0.304. The lowest BCUT2D eigenvalue weighted by atomic mass is 9.82. The summed E-state index contributed by atoms with van der Waals surface area (Å²) in [6.45, 7) is 2.05. The lowest BCUT2D eigenvalue weighted by Crippen LogP contribution is -2.13. The Hall–Kier alpha value is -0.510. The highest BCUT2D eigenvalue weighted by Crippen LogP contribution is 2.29. The van der Waals surface area contributed by atoms with Crippen LogP contribution in [0.25, 0.3) is 0 Å². The first kappa shape index (κ1) is 7.60. The molecule has 0 radical (unpaired) electrons. The molecule has 0 aliphatic heterocycles. The summed E-state index contributed by atoms with van der Waals surface area (Å²) in [6, 6.07) is 2.33. The number of hydrogen-bond acceptors (Lipinski definition) is 1. The molecule has 0 bridgehead atoms. The van der Waals surface area contributed by atoms with Crippen molar-refractivity contribution in [1.82, 2.24) is 0 Å². The van der Waals surface area contributed by atoms with Gasteiger partial charge < -0.3 is 0 Å². The number of rotatable bonds is 1. The summed E-state index contributed by atoms with van der Waals surface area (Å²) >= 11 is 0. The molecule has 1 rings (SSSR count). The van der Waals surface area contributed by atoms with Gasteiger partial charge in [0, 0.05) is 5.92 Å². The number of nitriles is 1. The first-order valence-electron chi connectivity index (χ1n) is 4.24. The van der Waals surface area contributed by atoms with Gasteiger partial charge in [0.2, 0.25) is 0 Å². The van der Waals surface area contributed by atoms with Crippen LogP contribution in [0.2, 0.25) is 0 Å². The molecule has 0 aromatic rings. The molecule has 56 valence electrons. The molecule has 0 aromatic carbocycles. The van der Waals surface area contributed by atoms with E-state index in [9.17, 15) is 0 Å². The third-order valence-electron chi connectivity index (χ3n) is 2.56. The molecule has 0 amide bonds. The lowest BCUT2D eigenvalue weighted by Gasteiger charge is -2.22. The van der Waals surface area contributed by atoms with Gasteiger partial charge in [-0.2, -0.15) is 5.26 Å². The van der Waals surface area contributed by atoms with E-state index in [1.165, 1.54) is 32.1 Å². The summed E-state index contributed by atoms with van der Waals surface area (Å²) in [5, 5.41) is 8.64. The molecular weight excluding hydrogens is 122 g/mol. The van der Waals surface area contributed by atoms with Crippen LogP contribution >= 0.6 is 0 Å². The molecule has 0 spiro atoms. The minimum absolute atomic E-state index is 0.292. The van der Waals surface area contributed by atoms with Gasteiger partial charge in [0.25, 0.3) is 0 Å². The van der Waals surface area contributed by atoms with Gasteiger partial charge >= 0.3 is 0 Å². The number of hydrogen-bond donors (Lipinski definition) is 0. The second-order valence-electron chi connectivity index (χ2n) is 3.32. The Kier molecular flexibility index (Phi) is 2.74. The molecule has 10 heavy (non-hydrogen) atoms. The minimum Gasteiger partial charge on any atom is -0.198 e. The highest BCUT2D eigenvalue weighted by atomic mass is 14.3. The van der Waals surface area contributed by atoms with Gasteiger partial charge in [-0.1, -0.05) is 19.3 Å². The molecule has 1 nitrogen and oxygen atoms in total. The Morgan fingerprint density at radius 3 is 2.40 bits per heavy atom. The van der Waals surface area contributed by atoms with E-state index in [4.69, 9.17) is 5.26 Å². The van der Waals surface area contributed by atoms with E-state index in [0.29, 0.717) is 11.8 Å². The van der Waals surface area contributed by atoms with Gasteiger partial charge in [-0.25, -0.2) is 0 Å². The van der Waals surface area contributed by atoms with E-state index in [2.05, 4.69) is 13.0 Å². The number of nitrogens with zero attached hydrogens (tertiary/aromatic N) is 1. The van der Waals surface area contributed by atoms with Gasteiger partial charge in [-0.05, 0) is 25.7 Å². The average Bonchev–Trinajstić information content (AvgIpc) is 2.05. The predicted octanol–water partition coefficient (Wildman–Crippen LogP) is 2.73. The summed E-state index contributed by atoms with van der Waals surface area (Å²) in [6.07, 6.45) is 6.64. The van der Waals surface area contributed by atoms with Crippen LogP contribution in [-0.2, 0) is 0 Å². The van der Waals surface area contributed by atoms with Crippen LogP contribution in [0.3, 0.4) is 0 Å². The van der Waals surface area contributed by atoms with Crippen LogP contribution in [0.1, 0.15) is 39.0 Å². The SMILES string of the molecule is C[C@@H](C#N)C1CCCCC1. The zero-order valence-electron chi connectivity index (χ0n) is 6.64. The summed E-state index contributed by atoms with van der Waals surface area (Å²) in [7, 11) is 0. The van der Waals surface area contributed by atoms with Crippen LogP contribution in [-0.4, -0.2) is 0 Å². The summed E-state index contributed by atoms with van der Waals surface area (Å²) in [5.41, 5.74) is 0. The Bertz CT molecular complexity index is 128. The van der Waals surface area contributed by atoms with Crippen LogP contribution in [0.4, 0.5) is 0 Å². The minimum atomic E-state index is 0.292. The molecule has 0 N–H and O–H groups in total. The molecule has 1 heteroatoms. The Balaban J connectivity index is 2.33. The van der Waals surface area contributed by atoms with E-state index >= 15 is 0 Å². The van der Waals surface area contributed by atoms with Crippen molar-refractivity contribution in [1.29, 1.82) is 5.26 Å². The van der Waals surface area contributed by atoms with Crippen molar-refractivity contribution in [2.75, 3.05) is 0 Å². The summed E-state index contributed by atoms with van der Waals surface area (Å²) in [4.78, 5) is 0. The standard InChI is InChI=1S/C9H15N/c1-8(7-10)9-5-3-2-4-6-9/h8-9H,2-6H2,1H3/t8-/m0/s1. The fourth-order valence-corrected chi connectivity index (χ4v) is 1.74. The van der Waals surface area contributed by atoms with Crippen LogP contribution in [0.15, 0.2) is 0 Å². The fourth-order valence-electron chi connectivity index (χ4n) is 1.74. The fraction of sp³-hybridized carbons (Fsp3) is 0.889. The second kappa shape index (κ2) is 3.61. The molecule has 0 heterocycles. The third kappa shape index (κ3) is 1.73. The molecule has 0 saturated heterocycles. The van der Waals surface area contributed by atoms with Crippen molar-refractivity contribution < 1.29 is 0 Å². The molecule has 1 saturated carbocycles. The summed E-state index contributed by atoms with van der Waals surface area (Å²) < 4.78 is 0. The molecule has 0 aromatic heterocycles. The first-order chi connectivity index (χ1) is 4.84. The van der Waals surface area contributed by atoms with Crippen LogP contribution in [0.5, 0.6) is 0 Å². The van der Waals surface area contributed by atoms with Gasteiger partial charge in [-0.15, -0.1) is 0 Å². The van der Waals surface area contributed by atoms with E-state index in [0.717, 1.165) is 0 Å². The molecule has 1 aliphatic carbocycles. The van der Waals surface area contributed by atoms with Crippen molar-refractivity contribution in [3.05, 3.63) is 0 Å². The molecule has 1 aliphatic rings. The smallest absolute Gasteiger partial charge is 0.0655 e. The Morgan fingerprint density at radius 2 is 1.90 bits per heavy atom. The van der Waals surface area contributed by atoms with Gasteiger partial charge in [0.1, 0.15) is 0 Å². The monoisotopic (exact) mass is 137 g/mol. The first-order valence-corrected chi connectivity index (χ1v) is 4.24. The Labute approximate surface area is 63.0 Å². The maximum absolute atomic E-state index is 8.64. The molecule has 0 unspecified atom stereocenters. The van der Waals surface area contributed by atoms with Crippen LogP contribution < -0.4 is 0 Å². The average molecular weight is 137 g/mol. The van der Waals surface area contributed by atoms with Gasteiger partial charge in [-0.3, -0.25) is 0 Å². The highest BCUT2D eigenvalue weighted by molar-refractivity contribution is 4.85. The third-order valence-corrected chi connectivity index (χ3v) is 2.56. The zero-order chi connectivity index (χ0) is 7.40. The van der Waals surface area contributed by atoms with Gasteiger partial charge in [0.05, 0.1) is 6.07 Å². The molecule has 1 fully saturated rings. The maximum atomic E-state index is 8.64. The largest absolute Gasteiger partial charge is 0.198 e. The zero-order valence-corrected chi connectivity index (χ0v) is 6.64. The highest BCUT2D eigenvalue weighted by Gasteiger charge is 2.18. The van der Waals surface area contributed by atoms with E-state index < -0.39 is 0 Å². The molecule has 1 atom stereocenters. The van der Waals surface area contributed by atoms with Crippen molar-refractivity contribution in [2.24, 2.45) is 11.8 Å². The quantitative estimate of drug-likeness (QED) is 0.545. The van der Waals surface area contributed by atoms with Gasteiger partial charge in [0.15, 0.2) is 0 Å². The van der Waals surface area contributed by atoms with Crippen molar-refractivity contribution in [2.45, 2.75) is 39.0 Å². The maximum Gasteiger partial charge on any atom is 0.0655 e. The van der Waals surface area contributed by atoms with E-state index in [1.807, 2.05) is 0 Å². The second-order valence-corrected chi connectivity index (χ2v) is 3.32.